The molecule has 24 heavy (non-hydrogen) atoms. The van der Waals surface area contributed by atoms with Crippen LogP contribution in [0.3, 0.4) is 0 Å². The van der Waals surface area contributed by atoms with Crippen molar-refractivity contribution in [2.45, 2.75) is 148 Å². The first-order valence-electron chi connectivity index (χ1n) is 11.5. The molecule has 0 rings (SSSR count). The van der Waals surface area contributed by atoms with Crippen molar-refractivity contribution < 1.29 is 0 Å². The summed E-state index contributed by atoms with van der Waals surface area (Å²) in [6.07, 6.45) is 27.3. The summed E-state index contributed by atoms with van der Waals surface area (Å²) in [5.41, 5.74) is 0. The van der Waals surface area contributed by atoms with Crippen molar-refractivity contribution in [2.24, 2.45) is 0 Å². The van der Waals surface area contributed by atoms with Crippen LogP contribution in [0, 0.1) is 0 Å². The minimum atomic E-state index is 0.546. The molecule has 0 saturated heterocycles. The molecule has 0 saturated carbocycles. The molecular formula is C23H49P. The van der Waals surface area contributed by atoms with E-state index in [1.54, 1.807) is 0 Å². The maximum Gasteiger partial charge on any atom is -0.0153 e. The van der Waals surface area contributed by atoms with Crippen LogP contribution in [-0.4, -0.2) is 5.16 Å². The van der Waals surface area contributed by atoms with Gasteiger partial charge in [-0.25, -0.2) is 0 Å². The fourth-order valence-corrected chi connectivity index (χ4v) is 4.11. The summed E-state index contributed by atoms with van der Waals surface area (Å²) in [5.74, 6) is 0. The van der Waals surface area contributed by atoms with Crippen LogP contribution in [0.15, 0.2) is 0 Å². The van der Waals surface area contributed by atoms with Crippen LogP contribution in [0.25, 0.3) is 0 Å². The second-order valence-electron chi connectivity index (χ2n) is 8.17. The van der Waals surface area contributed by atoms with Crippen molar-refractivity contribution in [2.75, 3.05) is 0 Å². The molecule has 1 unspecified atom stereocenters. The molecular weight excluding hydrogens is 307 g/mol. The fraction of sp³-hybridized carbons (Fsp3) is 1.00. The van der Waals surface area contributed by atoms with E-state index in [1.165, 1.54) is 122 Å². The highest BCUT2D eigenvalue weighted by Crippen LogP contribution is 2.35. The van der Waals surface area contributed by atoms with Crippen LogP contribution in [0.5, 0.6) is 0 Å². The molecule has 0 aliphatic heterocycles. The maximum atomic E-state index is 3.24. The highest BCUT2D eigenvalue weighted by molar-refractivity contribution is 7.18. The Labute approximate surface area is 157 Å². The summed E-state index contributed by atoms with van der Waals surface area (Å²) in [7, 11) is 3.24. The minimum Gasteiger partial charge on any atom is -0.131 e. The van der Waals surface area contributed by atoms with Gasteiger partial charge in [-0.05, 0) is 24.4 Å². The maximum absolute atomic E-state index is 3.24. The highest BCUT2D eigenvalue weighted by Gasteiger charge is 2.20. The topological polar surface area (TPSA) is 0 Å². The molecule has 0 aromatic carbocycles. The zero-order valence-electron chi connectivity index (χ0n) is 17.5. The zero-order chi connectivity index (χ0) is 17.9. The van der Waals surface area contributed by atoms with E-state index >= 15 is 0 Å². The van der Waals surface area contributed by atoms with Crippen molar-refractivity contribution in [3.8, 4) is 0 Å². The molecule has 0 aromatic rings. The van der Waals surface area contributed by atoms with E-state index in [0.29, 0.717) is 5.16 Å². The first-order chi connectivity index (χ1) is 11.7. The molecule has 0 aliphatic rings. The van der Waals surface area contributed by atoms with Gasteiger partial charge in [0.05, 0.1) is 0 Å². The number of hydrogen-bond donors (Lipinski definition) is 0. The Morgan fingerprint density at radius 2 is 0.750 bits per heavy atom. The Morgan fingerprint density at radius 1 is 0.458 bits per heavy atom. The van der Waals surface area contributed by atoms with Crippen molar-refractivity contribution >= 4 is 9.24 Å². The van der Waals surface area contributed by atoms with Gasteiger partial charge in [-0.3, -0.25) is 0 Å². The van der Waals surface area contributed by atoms with E-state index in [-0.39, 0.29) is 0 Å². The smallest absolute Gasteiger partial charge is 0.0153 e. The monoisotopic (exact) mass is 356 g/mol. The van der Waals surface area contributed by atoms with E-state index in [4.69, 9.17) is 0 Å². The van der Waals surface area contributed by atoms with Gasteiger partial charge in [0.1, 0.15) is 0 Å². The van der Waals surface area contributed by atoms with Crippen LogP contribution in [0.1, 0.15) is 143 Å². The largest absolute Gasteiger partial charge is 0.131 e. The van der Waals surface area contributed by atoms with E-state index in [9.17, 15) is 0 Å². The summed E-state index contributed by atoms with van der Waals surface area (Å²) in [5, 5.41) is 0.546. The average molecular weight is 357 g/mol. The first kappa shape index (κ1) is 24.4. The molecule has 0 radical (unpaired) electrons. The predicted octanol–water partition coefficient (Wildman–Crippen LogP) is 9.07. The Balaban J connectivity index is 3.51. The minimum absolute atomic E-state index is 0.546. The van der Waals surface area contributed by atoms with Crippen LogP contribution in [-0.2, 0) is 0 Å². The Hall–Kier alpha value is 0.430. The molecule has 0 spiro atoms. The summed E-state index contributed by atoms with van der Waals surface area (Å²) in [4.78, 5) is 0. The lowest BCUT2D eigenvalue weighted by atomic mass is 9.91. The van der Waals surface area contributed by atoms with Crippen LogP contribution >= 0.6 is 9.24 Å². The summed E-state index contributed by atoms with van der Waals surface area (Å²) in [6.45, 7) is 6.99. The van der Waals surface area contributed by atoms with E-state index in [0.717, 1.165) is 0 Å². The highest BCUT2D eigenvalue weighted by atomic mass is 31.0. The molecule has 0 N–H and O–H groups in total. The molecule has 0 bridgehead atoms. The molecule has 0 amide bonds. The number of rotatable bonds is 19. The van der Waals surface area contributed by atoms with Gasteiger partial charge in [-0.2, -0.15) is 0 Å². The third-order valence-corrected chi connectivity index (χ3v) is 6.75. The third kappa shape index (κ3) is 15.9. The summed E-state index contributed by atoms with van der Waals surface area (Å²) >= 11 is 0. The van der Waals surface area contributed by atoms with Crippen LogP contribution < -0.4 is 0 Å². The lowest BCUT2D eigenvalue weighted by molar-refractivity contribution is 0.430. The molecule has 0 heterocycles. The normalized spacial score (nSPS) is 12.0. The number of hydrogen-bond acceptors (Lipinski definition) is 0. The van der Waals surface area contributed by atoms with E-state index in [2.05, 4.69) is 30.0 Å². The van der Waals surface area contributed by atoms with Gasteiger partial charge in [0.2, 0.25) is 0 Å². The summed E-state index contributed by atoms with van der Waals surface area (Å²) < 4.78 is 0. The average Bonchev–Trinajstić information content (AvgIpc) is 2.59. The SMILES string of the molecule is CCCCCCCCCCC(P)(CC)CCCCCCCCCC. The van der Waals surface area contributed by atoms with Gasteiger partial charge in [-0.1, -0.05) is 124 Å². The van der Waals surface area contributed by atoms with Gasteiger partial charge < -0.3 is 0 Å². The van der Waals surface area contributed by atoms with Crippen LogP contribution in [0.4, 0.5) is 0 Å². The van der Waals surface area contributed by atoms with Crippen molar-refractivity contribution in [1.82, 2.24) is 0 Å². The quantitative estimate of drug-likeness (QED) is 0.160. The molecule has 0 fully saturated rings. The standard InChI is InChI=1S/C23H49P/c1-4-7-9-11-13-15-17-19-21-23(24,6-3)22-20-18-16-14-12-10-8-5-2/h4-22,24H2,1-3H3. The number of unbranched alkanes of at least 4 members (excludes halogenated alkanes) is 14. The second kappa shape index (κ2) is 18.2. The molecule has 1 heteroatoms. The third-order valence-electron chi connectivity index (χ3n) is 5.76. The van der Waals surface area contributed by atoms with Crippen LogP contribution in [0.2, 0.25) is 0 Å². The van der Waals surface area contributed by atoms with E-state index < -0.39 is 0 Å². The van der Waals surface area contributed by atoms with Crippen molar-refractivity contribution in [1.29, 1.82) is 0 Å². The second-order valence-corrected chi connectivity index (χ2v) is 9.39. The zero-order valence-corrected chi connectivity index (χ0v) is 18.7. The lowest BCUT2D eigenvalue weighted by Crippen LogP contribution is -2.19. The Bertz CT molecular complexity index is 216. The van der Waals surface area contributed by atoms with Crippen molar-refractivity contribution in [3.05, 3.63) is 0 Å². The Morgan fingerprint density at radius 3 is 1.04 bits per heavy atom. The van der Waals surface area contributed by atoms with Gasteiger partial charge in [0.15, 0.2) is 0 Å². The molecule has 0 nitrogen and oxygen atoms in total. The van der Waals surface area contributed by atoms with Gasteiger partial charge in [-0.15, -0.1) is 9.24 Å². The molecule has 146 valence electrons. The first-order valence-corrected chi connectivity index (χ1v) is 12.0. The van der Waals surface area contributed by atoms with Crippen molar-refractivity contribution in [3.63, 3.8) is 0 Å². The van der Waals surface area contributed by atoms with Gasteiger partial charge in [0, 0.05) is 0 Å². The molecule has 1 atom stereocenters. The summed E-state index contributed by atoms with van der Waals surface area (Å²) in [6, 6.07) is 0. The predicted molar refractivity (Wildman–Crippen MR) is 117 cm³/mol. The Kier molecular flexibility index (Phi) is 18.6. The van der Waals surface area contributed by atoms with Gasteiger partial charge in [0.25, 0.3) is 0 Å². The molecule has 0 aliphatic carbocycles. The molecule has 0 aromatic heterocycles. The van der Waals surface area contributed by atoms with E-state index in [1.807, 2.05) is 0 Å². The van der Waals surface area contributed by atoms with Gasteiger partial charge >= 0.3 is 0 Å². The lowest BCUT2D eigenvalue weighted by Gasteiger charge is -2.28. The fourth-order valence-electron chi connectivity index (χ4n) is 3.70.